The van der Waals surface area contributed by atoms with Crippen molar-refractivity contribution in [2.75, 3.05) is 6.54 Å². The highest BCUT2D eigenvalue weighted by Crippen LogP contribution is 2.48. The van der Waals surface area contributed by atoms with E-state index < -0.39 is 0 Å². The molecule has 1 atom stereocenters. The Morgan fingerprint density at radius 3 is 2.25 bits per heavy atom. The molecule has 2 aliphatic rings. The van der Waals surface area contributed by atoms with Crippen LogP contribution >= 0.6 is 0 Å². The number of hydrogen-bond acceptors (Lipinski definition) is 4. The summed E-state index contributed by atoms with van der Waals surface area (Å²) in [6.45, 7) is 18.1. The number of hydrogen-bond donors (Lipinski definition) is 1. The summed E-state index contributed by atoms with van der Waals surface area (Å²) in [5.74, 6) is 0.712. The van der Waals surface area contributed by atoms with Crippen LogP contribution in [-0.2, 0) is 20.7 Å². The van der Waals surface area contributed by atoms with Gasteiger partial charge in [-0.25, -0.2) is 0 Å². The number of nitrogens with zero attached hydrogens (tertiary/aromatic N) is 1. The monoisotopic (exact) mass is 498 g/mol. The van der Waals surface area contributed by atoms with Crippen LogP contribution in [0.3, 0.4) is 0 Å². The Labute approximate surface area is 219 Å². The first-order valence-corrected chi connectivity index (χ1v) is 14.1. The highest BCUT2D eigenvalue weighted by Gasteiger charge is 2.51. The van der Waals surface area contributed by atoms with Crippen LogP contribution in [0.4, 0.5) is 0 Å². The lowest BCUT2D eigenvalue weighted by atomic mass is 9.67. The Morgan fingerprint density at radius 2 is 1.72 bits per heavy atom. The lowest BCUT2D eigenvalue weighted by Crippen LogP contribution is -2.56. The molecule has 1 aromatic carbocycles. The second kappa shape index (κ2) is 11.2. The number of benzene rings is 1. The van der Waals surface area contributed by atoms with E-state index in [2.05, 4.69) is 63.9 Å². The molecular weight excluding hydrogens is 448 g/mol. The standard InChI is InChI=1S/C31H50N2O3/c1-9-30(7,8)25-14-18-31(19-15-25)32-21-27(34)33(31)26(16-17-29(4,5)6)24-12-10-23(11-13-24)20-28(35)36-22(2)3/h10-13,22,25-26,32H,9,14-21H2,1-8H3. The van der Waals surface area contributed by atoms with E-state index in [1.165, 1.54) is 6.42 Å². The minimum atomic E-state index is -0.250. The third-order valence-corrected chi connectivity index (χ3v) is 8.69. The molecule has 1 aromatic rings. The van der Waals surface area contributed by atoms with Crippen molar-refractivity contribution >= 4 is 11.9 Å². The molecule has 1 aliphatic carbocycles. The van der Waals surface area contributed by atoms with Gasteiger partial charge in [0.25, 0.3) is 0 Å². The van der Waals surface area contributed by atoms with Crippen molar-refractivity contribution in [2.24, 2.45) is 16.7 Å². The molecule has 1 aliphatic heterocycles. The number of carbonyl (C=O) groups is 2. The number of rotatable bonds is 9. The molecular formula is C31H50N2O3. The van der Waals surface area contributed by atoms with Crippen LogP contribution in [-0.4, -0.2) is 35.1 Å². The molecule has 5 heteroatoms. The van der Waals surface area contributed by atoms with Gasteiger partial charge in [0.05, 0.1) is 30.8 Å². The number of nitrogens with one attached hydrogen (secondary N) is 1. The first-order chi connectivity index (χ1) is 16.8. The van der Waals surface area contributed by atoms with E-state index in [9.17, 15) is 9.59 Å². The summed E-state index contributed by atoms with van der Waals surface area (Å²) in [6.07, 6.45) is 7.64. The average Bonchev–Trinajstić information content (AvgIpc) is 3.09. The zero-order chi connectivity index (χ0) is 26.7. The van der Waals surface area contributed by atoms with Gasteiger partial charge in [0.15, 0.2) is 0 Å². The molecule has 3 rings (SSSR count). The van der Waals surface area contributed by atoms with Crippen molar-refractivity contribution in [3.05, 3.63) is 35.4 Å². The summed E-state index contributed by atoms with van der Waals surface area (Å²) in [7, 11) is 0. The Bertz CT molecular complexity index is 889. The molecule has 1 spiro atoms. The minimum absolute atomic E-state index is 0.0270. The third-order valence-electron chi connectivity index (χ3n) is 8.69. The minimum Gasteiger partial charge on any atom is -0.463 e. The van der Waals surface area contributed by atoms with Crippen molar-refractivity contribution in [3.63, 3.8) is 0 Å². The summed E-state index contributed by atoms with van der Waals surface area (Å²) >= 11 is 0. The Balaban J connectivity index is 1.85. The number of esters is 1. The van der Waals surface area contributed by atoms with Crippen LogP contribution in [0.1, 0.15) is 118 Å². The van der Waals surface area contributed by atoms with Crippen LogP contribution in [0.2, 0.25) is 0 Å². The molecule has 1 saturated carbocycles. The molecule has 5 nitrogen and oxygen atoms in total. The van der Waals surface area contributed by atoms with Gasteiger partial charge >= 0.3 is 5.97 Å². The maximum atomic E-state index is 13.4. The largest absolute Gasteiger partial charge is 0.463 e. The average molecular weight is 499 g/mol. The van der Waals surface area contributed by atoms with Gasteiger partial charge in [-0.2, -0.15) is 0 Å². The Kier molecular flexibility index (Phi) is 8.96. The second-order valence-corrected chi connectivity index (χ2v) is 13.3. The summed E-state index contributed by atoms with van der Waals surface area (Å²) < 4.78 is 5.32. The molecule has 202 valence electrons. The lowest BCUT2D eigenvalue weighted by Gasteiger charge is -2.49. The van der Waals surface area contributed by atoms with Gasteiger partial charge in [-0.3, -0.25) is 14.9 Å². The smallest absolute Gasteiger partial charge is 0.310 e. The van der Waals surface area contributed by atoms with E-state index >= 15 is 0 Å². The molecule has 36 heavy (non-hydrogen) atoms. The zero-order valence-electron chi connectivity index (χ0n) is 24.1. The van der Waals surface area contributed by atoms with Crippen molar-refractivity contribution in [2.45, 2.75) is 125 Å². The van der Waals surface area contributed by atoms with Crippen LogP contribution in [0.5, 0.6) is 0 Å². The topological polar surface area (TPSA) is 58.6 Å². The normalized spacial score (nSPS) is 24.0. The fourth-order valence-electron chi connectivity index (χ4n) is 6.05. The molecule has 2 fully saturated rings. The van der Waals surface area contributed by atoms with Crippen molar-refractivity contribution < 1.29 is 14.3 Å². The number of carbonyl (C=O) groups excluding carboxylic acids is 2. The van der Waals surface area contributed by atoms with Crippen molar-refractivity contribution in [1.82, 2.24) is 10.2 Å². The Hall–Kier alpha value is -1.88. The first-order valence-electron chi connectivity index (χ1n) is 14.1. The number of ether oxygens (including phenoxy) is 1. The number of amides is 1. The van der Waals surface area contributed by atoms with Crippen LogP contribution in [0.15, 0.2) is 24.3 Å². The van der Waals surface area contributed by atoms with E-state index in [0.717, 1.165) is 49.7 Å². The second-order valence-electron chi connectivity index (χ2n) is 13.3. The van der Waals surface area contributed by atoms with Gasteiger partial charge < -0.3 is 9.64 Å². The maximum Gasteiger partial charge on any atom is 0.310 e. The first kappa shape index (κ1) is 28.7. The predicted molar refractivity (Wildman–Crippen MR) is 146 cm³/mol. The van der Waals surface area contributed by atoms with Crippen LogP contribution in [0, 0.1) is 16.7 Å². The molecule has 0 radical (unpaired) electrons. The molecule has 1 unspecified atom stereocenters. The van der Waals surface area contributed by atoms with Gasteiger partial charge in [0.1, 0.15) is 0 Å². The van der Waals surface area contributed by atoms with Crippen molar-refractivity contribution in [3.8, 4) is 0 Å². The van der Waals surface area contributed by atoms with Gasteiger partial charge in [-0.1, -0.05) is 72.2 Å². The van der Waals surface area contributed by atoms with E-state index in [1.54, 1.807) is 0 Å². The van der Waals surface area contributed by atoms with Gasteiger partial charge in [-0.15, -0.1) is 0 Å². The fourth-order valence-corrected chi connectivity index (χ4v) is 6.05. The van der Waals surface area contributed by atoms with E-state index in [4.69, 9.17) is 4.74 Å². The molecule has 1 N–H and O–H groups in total. The summed E-state index contributed by atoms with van der Waals surface area (Å²) in [5, 5.41) is 3.68. The zero-order valence-corrected chi connectivity index (χ0v) is 24.1. The SMILES string of the molecule is CCC(C)(C)C1CCC2(CC1)NCC(=O)N2C(CCC(C)(C)C)c1ccc(CC(=O)OC(C)C)cc1. The third kappa shape index (κ3) is 6.90. The lowest BCUT2D eigenvalue weighted by molar-refractivity contribution is -0.146. The van der Waals surface area contributed by atoms with Gasteiger partial charge in [0.2, 0.25) is 5.91 Å². The molecule has 0 bridgehead atoms. The summed E-state index contributed by atoms with van der Waals surface area (Å²) in [4.78, 5) is 27.8. The van der Waals surface area contributed by atoms with Crippen LogP contribution < -0.4 is 5.32 Å². The van der Waals surface area contributed by atoms with Gasteiger partial charge in [0, 0.05) is 0 Å². The fraction of sp³-hybridized carbons (Fsp3) is 0.742. The van der Waals surface area contributed by atoms with E-state index in [0.29, 0.717) is 17.9 Å². The highest BCUT2D eigenvalue weighted by molar-refractivity contribution is 5.82. The van der Waals surface area contributed by atoms with Gasteiger partial charge in [-0.05, 0) is 80.2 Å². The molecule has 1 saturated heterocycles. The molecule has 1 heterocycles. The predicted octanol–water partition coefficient (Wildman–Crippen LogP) is 6.80. The molecule has 0 aromatic heterocycles. The quantitative estimate of drug-likeness (QED) is 0.380. The summed E-state index contributed by atoms with van der Waals surface area (Å²) in [6, 6.07) is 8.33. The Morgan fingerprint density at radius 1 is 1.11 bits per heavy atom. The summed E-state index contributed by atoms with van der Waals surface area (Å²) in [5.41, 5.74) is 2.38. The maximum absolute atomic E-state index is 13.4. The molecule has 1 amide bonds. The van der Waals surface area contributed by atoms with Crippen molar-refractivity contribution in [1.29, 1.82) is 0 Å². The van der Waals surface area contributed by atoms with E-state index in [-0.39, 0.29) is 41.5 Å². The highest BCUT2D eigenvalue weighted by atomic mass is 16.5. The van der Waals surface area contributed by atoms with E-state index in [1.807, 2.05) is 26.0 Å². The van der Waals surface area contributed by atoms with Crippen LogP contribution in [0.25, 0.3) is 0 Å².